The van der Waals surface area contributed by atoms with E-state index in [9.17, 15) is 0 Å². The molecule has 1 aliphatic carbocycles. The standard InChI is InChI=1S/C15H13.3ClH.Hf/c1-10-7-11(2)15-13(8-10)9-12-5-3-4-6-14(12)15;;;;/h3-7H,9H2,1-2H3;3*1H;/q-1;;;;+4/p-3. The van der Waals surface area contributed by atoms with Gasteiger partial charge in [-0.15, -0.1) is 11.1 Å². The minimum absolute atomic E-state index is 0. The SMILES string of the molecule is Cc1[c-]c2c(c(C)c1)-c1ccccc1C2.[Cl-].[Cl-].[Cl-].[Hf+4]. The molecule has 3 rings (SSSR count). The van der Waals surface area contributed by atoms with E-state index in [4.69, 9.17) is 0 Å². The first-order chi connectivity index (χ1) is 7.25. The minimum atomic E-state index is 0. The summed E-state index contributed by atoms with van der Waals surface area (Å²) in [5.41, 5.74) is 8.26. The molecular formula is C15H13Cl3Hf. The second-order valence-electron chi connectivity index (χ2n) is 4.32. The zero-order valence-electron chi connectivity index (χ0n) is 10.7. The molecule has 19 heavy (non-hydrogen) atoms. The molecule has 0 atom stereocenters. The number of fused-ring (bicyclic) bond motifs is 3. The Balaban J connectivity index is 0. The normalized spacial score (nSPS) is 9.79. The van der Waals surface area contributed by atoms with Gasteiger partial charge in [0.05, 0.1) is 0 Å². The van der Waals surface area contributed by atoms with Gasteiger partial charge in [0.15, 0.2) is 0 Å². The maximum absolute atomic E-state index is 3.48. The first-order valence-electron chi connectivity index (χ1n) is 5.36. The summed E-state index contributed by atoms with van der Waals surface area (Å²) >= 11 is 0. The Morgan fingerprint density at radius 3 is 2.32 bits per heavy atom. The smallest absolute Gasteiger partial charge is 1.00 e. The van der Waals surface area contributed by atoms with Gasteiger partial charge in [-0.25, -0.2) is 0 Å². The third kappa shape index (κ3) is 3.85. The summed E-state index contributed by atoms with van der Waals surface area (Å²) in [4.78, 5) is 0. The fourth-order valence-corrected chi connectivity index (χ4v) is 2.59. The van der Waals surface area contributed by atoms with Crippen molar-refractivity contribution in [2.75, 3.05) is 0 Å². The zero-order valence-corrected chi connectivity index (χ0v) is 16.6. The molecule has 0 nitrogen and oxygen atoms in total. The Labute approximate surface area is 152 Å². The van der Waals surface area contributed by atoms with Gasteiger partial charge in [-0.3, -0.25) is 0 Å². The van der Waals surface area contributed by atoms with Gasteiger partial charge in [0, 0.05) is 0 Å². The van der Waals surface area contributed by atoms with Crippen LogP contribution in [-0.2, 0) is 32.3 Å². The predicted octanol–water partition coefficient (Wildman–Crippen LogP) is -5.32. The first-order valence-corrected chi connectivity index (χ1v) is 5.36. The number of benzene rings is 2. The fourth-order valence-electron chi connectivity index (χ4n) is 2.59. The van der Waals surface area contributed by atoms with Crippen molar-refractivity contribution in [3.63, 3.8) is 0 Å². The van der Waals surface area contributed by atoms with Gasteiger partial charge < -0.3 is 37.2 Å². The minimum Gasteiger partial charge on any atom is -1.00 e. The topological polar surface area (TPSA) is 0 Å². The summed E-state index contributed by atoms with van der Waals surface area (Å²) in [5, 5.41) is 0. The third-order valence-corrected chi connectivity index (χ3v) is 3.13. The zero-order chi connectivity index (χ0) is 10.4. The number of hydrogen-bond donors (Lipinski definition) is 0. The summed E-state index contributed by atoms with van der Waals surface area (Å²) in [5.74, 6) is 0. The van der Waals surface area contributed by atoms with Crippen molar-refractivity contribution < 1.29 is 63.1 Å². The molecule has 0 saturated heterocycles. The van der Waals surface area contributed by atoms with Crippen LogP contribution < -0.4 is 37.2 Å². The van der Waals surface area contributed by atoms with Crippen LogP contribution in [-0.4, -0.2) is 0 Å². The molecule has 2 aromatic carbocycles. The Morgan fingerprint density at radius 1 is 1.00 bits per heavy atom. The quantitative estimate of drug-likeness (QED) is 0.224. The molecule has 98 valence electrons. The molecule has 0 unspecified atom stereocenters. The summed E-state index contributed by atoms with van der Waals surface area (Å²) in [6, 6.07) is 14.4. The Morgan fingerprint density at radius 2 is 1.63 bits per heavy atom. The summed E-state index contributed by atoms with van der Waals surface area (Å²) < 4.78 is 0. The van der Waals surface area contributed by atoms with E-state index >= 15 is 0 Å². The van der Waals surface area contributed by atoms with Gasteiger partial charge in [0.2, 0.25) is 0 Å². The van der Waals surface area contributed by atoms with Gasteiger partial charge in [-0.1, -0.05) is 49.2 Å². The molecule has 0 N–H and O–H groups in total. The molecular weight excluding hydrogens is 465 g/mol. The van der Waals surface area contributed by atoms with Gasteiger partial charge in [-0.05, 0) is 6.42 Å². The summed E-state index contributed by atoms with van der Waals surface area (Å²) in [6.45, 7) is 4.32. The molecule has 0 radical (unpaired) electrons. The van der Waals surface area contributed by atoms with Crippen LogP contribution in [0.25, 0.3) is 11.1 Å². The Kier molecular flexibility index (Phi) is 9.57. The van der Waals surface area contributed by atoms with E-state index in [-0.39, 0.29) is 63.1 Å². The van der Waals surface area contributed by atoms with Crippen LogP contribution >= 0.6 is 0 Å². The van der Waals surface area contributed by atoms with Crippen molar-refractivity contribution >= 4 is 0 Å². The fraction of sp³-hybridized carbons (Fsp3) is 0.200. The van der Waals surface area contributed by atoms with E-state index in [2.05, 4.69) is 50.2 Å². The van der Waals surface area contributed by atoms with E-state index in [1.807, 2.05) is 0 Å². The first kappa shape index (κ1) is 21.5. The van der Waals surface area contributed by atoms with E-state index in [1.165, 1.54) is 33.4 Å². The van der Waals surface area contributed by atoms with Crippen molar-refractivity contribution in [1.29, 1.82) is 0 Å². The Hall–Kier alpha value is 0.180. The largest absolute Gasteiger partial charge is 4.00 e. The van der Waals surface area contributed by atoms with Crippen LogP contribution in [0.1, 0.15) is 22.3 Å². The van der Waals surface area contributed by atoms with Crippen LogP contribution in [0.4, 0.5) is 0 Å². The average molecular weight is 478 g/mol. The van der Waals surface area contributed by atoms with Gasteiger partial charge in [0.1, 0.15) is 0 Å². The molecule has 4 heteroatoms. The molecule has 0 spiro atoms. The van der Waals surface area contributed by atoms with Crippen LogP contribution in [0.15, 0.2) is 30.3 Å². The number of hydrogen-bond acceptors (Lipinski definition) is 0. The van der Waals surface area contributed by atoms with E-state index in [1.54, 1.807) is 0 Å². The summed E-state index contributed by atoms with van der Waals surface area (Å²) in [6.07, 6.45) is 1.05. The van der Waals surface area contributed by atoms with E-state index in [0.29, 0.717) is 0 Å². The number of halogens is 3. The number of aryl methyl sites for hydroxylation is 2. The molecule has 2 aromatic rings. The van der Waals surface area contributed by atoms with Crippen LogP contribution in [0, 0.1) is 19.9 Å². The molecule has 1 aliphatic rings. The maximum atomic E-state index is 3.48. The molecule has 0 saturated carbocycles. The van der Waals surface area contributed by atoms with Crippen molar-refractivity contribution in [3.8, 4) is 11.1 Å². The van der Waals surface area contributed by atoms with Gasteiger partial charge in [0.25, 0.3) is 0 Å². The van der Waals surface area contributed by atoms with Crippen LogP contribution in [0.2, 0.25) is 0 Å². The molecule has 0 heterocycles. The van der Waals surface area contributed by atoms with Crippen molar-refractivity contribution in [1.82, 2.24) is 0 Å². The molecule has 0 fully saturated rings. The third-order valence-electron chi connectivity index (χ3n) is 3.13. The monoisotopic (exact) mass is 478 g/mol. The van der Waals surface area contributed by atoms with Crippen molar-refractivity contribution in [2.45, 2.75) is 20.3 Å². The van der Waals surface area contributed by atoms with Gasteiger partial charge >= 0.3 is 25.8 Å². The molecule has 0 aliphatic heterocycles. The molecule has 0 aromatic heterocycles. The number of rotatable bonds is 0. The second kappa shape index (κ2) is 8.46. The second-order valence-corrected chi connectivity index (χ2v) is 4.32. The Bertz CT molecular complexity index is 553. The maximum Gasteiger partial charge on any atom is 4.00 e. The van der Waals surface area contributed by atoms with Crippen molar-refractivity contribution in [3.05, 3.63) is 58.7 Å². The van der Waals surface area contributed by atoms with Gasteiger partial charge in [-0.2, -0.15) is 23.3 Å². The average Bonchev–Trinajstić information content (AvgIpc) is 2.54. The molecule has 0 amide bonds. The van der Waals surface area contributed by atoms with Crippen LogP contribution in [0.5, 0.6) is 0 Å². The molecule has 0 bridgehead atoms. The van der Waals surface area contributed by atoms with Crippen LogP contribution in [0.3, 0.4) is 0 Å². The summed E-state index contributed by atoms with van der Waals surface area (Å²) in [7, 11) is 0. The van der Waals surface area contributed by atoms with Crippen molar-refractivity contribution in [2.24, 2.45) is 0 Å². The van der Waals surface area contributed by atoms with E-state index in [0.717, 1.165) is 6.42 Å². The predicted molar refractivity (Wildman–Crippen MR) is 63.0 cm³/mol. The van der Waals surface area contributed by atoms with E-state index < -0.39 is 0 Å².